The van der Waals surface area contributed by atoms with Crippen LogP contribution in [-0.2, 0) is 11.3 Å². The molecule has 4 heteroatoms. The van der Waals surface area contributed by atoms with Gasteiger partial charge in [-0.15, -0.1) is 0 Å². The normalized spacial score (nSPS) is 14.4. The molecule has 108 valence electrons. The van der Waals surface area contributed by atoms with Crippen molar-refractivity contribution < 1.29 is 9.47 Å². The fraction of sp³-hybridized carbons (Fsp3) is 0.600. The van der Waals surface area contributed by atoms with Gasteiger partial charge in [-0.25, -0.2) is 0 Å². The van der Waals surface area contributed by atoms with Gasteiger partial charge in [0.15, 0.2) is 0 Å². The molecule has 0 heterocycles. The van der Waals surface area contributed by atoms with E-state index in [4.69, 9.17) is 15.2 Å². The average molecular weight is 266 g/mol. The maximum Gasteiger partial charge on any atom is 0.119 e. The van der Waals surface area contributed by atoms with Crippen molar-refractivity contribution in [1.29, 1.82) is 0 Å². The van der Waals surface area contributed by atoms with Crippen molar-refractivity contribution in [3.63, 3.8) is 0 Å². The number of nitrogens with zero attached hydrogens (tertiary/aromatic N) is 1. The minimum Gasteiger partial charge on any atom is -0.497 e. The van der Waals surface area contributed by atoms with Crippen molar-refractivity contribution in [2.75, 3.05) is 34.4 Å². The maximum atomic E-state index is 5.89. The SMILES string of the molecule is COCC(C)C(CN)N(C)Cc1cccc(OC)c1. The monoisotopic (exact) mass is 266 g/mol. The lowest BCUT2D eigenvalue weighted by molar-refractivity contribution is 0.0952. The highest BCUT2D eigenvalue weighted by Crippen LogP contribution is 2.17. The minimum atomic E-state index is 0.311. The van der Waals surface area contributed by atoms with E-state index in [9.17, 15) is 0 Å². The summed E-state index contributed by atoms with van der Waals surface area (Å²) in [5.74, 6) is 1.30. The summed E-state index contributed by atoms with van der Waals surface area (Å²) in [6.07, 6.45) is 0. The van der Waals surface area contributed by atoms with E-state index >= 15 is 0 Å². The summed E-state index contributed by atoms with van der Waals surface area (Å²) in [6, 6.07) is 8.44. The van der Waals surface area contributed by atoms with E-state index in [1.807, 2.05) is 12.1 Å². The maximum absolute atomic E-state index is 5.89. The first-order chi connectivity index (χ1) is 9.12. The minimum absolute atomic E-state index is 0.311. The lowest BCUT2D eigenvalue weighted by atomic mass is 10.0. The molecule has 1 aromatic carbocycles. The summed E-state index contributed by atoms with van der Waals surface area (Å²) in [5, 5.41) is 0. The Hall–Kier alpha value is -1.10. The first-order valence-electron chi connectivity index (χ1n) is 6.64. The molecule has 19 heavy (non-hydrogen) atoms. The quantitative estimate of drug-likeness (QED) is 0.778. The van der Waals surface area contributed by atoms with Gasteiger partial charge in [-0.3, -0.25) is 4.90 Å². The van der Waals surface area contributed by atoms with Crippen LogP contribution in [0.25, 0.3) is 0 Å². The largest absolute Gasteiger partial charge is 0.497 e. The van der Waals surface area contributed by atoms with E-state index in [0.29, 0.717) is 18.5 Å². The predicted octanol–water partition coefficient (Wildman–Crippen LogP) is 1.74. The van der Waals surface area contributed by atoms with Gasteiger partial charge < -0.3 is 15.2 Å². The van der Waals surface area contributed by atoms with Crippen LogP contribution in [0.3, 0.4) is 0 Å². The van der Waals surface area contributed by atoms with Crippen molar-refractivity contribution in [1.82, 2.24) is 4.90 Å². The molecule has 2 N–H and O–H groups in total. The molecule has 0 fully saturated rings. The molecule has 0 amide bonds. The zero-order valence-electron chi connectivity index (χ0n) is 12.4. The standard InChI is InChI=1S/C15H26N2O2/c1-12(11-18-3)15(9-16)17(2)10-13-6-5-7-14(8-13)19-4/h5-8,12,15H,9-11,16H2,1-4H3. The van der Waals surface area contributed by atoms with Crippen LogP contribution in [0.15, 0.2) is 24.3 Å². The highest BCUT2D eigenvalue weighted by atomic mass is 16.5. The van der Waals surface area contributed by atoms with Crippen molar-refractivity contribution >= 4 is 0 Å². The summed E-state index contributed by atoms with van der Waals surface area (Å²) in [4.78, 5) is 2.28. The van der Waals surface area contributed by atoms with Gasteiger partial charge in [-0.2, -0.15) is 0 Å². The zero-order chi connectivity index (χ0) is 14.3. The number of methoxy groups -OCH3 is 2. The molecule has 0 aromatic heterocycles. The van der Waals surface area contributed by atoms with E-state index in [1.165, 1.54) is 5.56 Å². The van der Waals surface area contributed by atoms with Crippen LogP contribution in [0.1, 0.15) is 12.5 Å². The number of likely N-dealkylation sites (N-methyl/N-ethyl adjacent to an activating group) is 1. The fourth-order valence-corrected chi connectivity index (χ4v) is 2.40. The van der Waals surface area contributed by atoms with E-state index in [0.717, 1.165) is 18.9 Å². The third kappa shape index (κ3) is 4.82. The molecule has 0 spiro atoms. The summed E-state index contributed by atoms with van der Waals surface area (Å²) < 4.78 is 10.5. The van der Waals surface area contributed by atoms with Crippen molar-refractivity contribution in [3.05, 3.63) is 29.8 Å². The van der Waals surface area contributed by atoms with Gasteiger partial charge >= 0.3 is 0 Å². The van der Waals surface area contributed by atoms with Crippen LogP contribution < -0.4 is 10.5 Å². The van der Waals surface area contributed by atoms with Crippen LogP contribution >= 0.6 is 0 Å². The molecule has 0 radical (unpaired) electrons. The third-order valence-electron chi connectivity index (χ3n) is 3.46. The van der Waals surface area contributed by atoms with Gasteiger partial charge in [-0.1, -0.05) is 19.1 Å². The van der Waals surface area contributed by atoms with E-state index < -0.39 is 0 Å². The van der Waals surface area contributed by atoms with E-state index in [2.05, 4.69) is 31.0 Å². The molecule has 4 nitrogen and oxygen atoms in total. The first kappa shape index (κ1) is 16.0. The summed E-state index contributed by atoms with van der Waals surface area (Å²) in [6.45, 7) is 4.38. The highest BCUT2D eigenvalue weighted by Gasteiger charge is 2.20. The second-order valence-corrected chi connectivity index (χ2v) is 5.00. The van der Waals surface area contributed by atoms with Crippen molar-refractivity contribution in [2.45, 2.75) is 19.5 Å². The molecule has 2 atom stereocenters. The molecule has 1 rings (SSSR count). The summed E-state index contributed by atoms with van der Waals surface area (Å²) in [7, 11) is 5.52. The Morgan fingerprint density at radius 1 is 1.32 bits per heavy atom. The Kier molecular flexibility index (Phi) is 6.84. The number of hydrogen-bond donors (Lipinski definition) is 1. The van der Waals surface area contributed by atoms with Crippen LogP contribution in [-0.4, -0.2) is 45.4 Å². The Bertz CT molecular complexity index is 371. The molecular formula is C15H26N2O2. The first-order valence-corrected chi connectivity index (χ1v) is 6.64. The lowest BCUT2D eigenvalue weighted by Crippen LogP contribution is -2.43. The van der Waals surface area contributed by atoms with Crippen LogP contribution in [0.5, 0.6) is 5.75 Å². The second-order valence-electron chi connectivity index (χ2n) is 5.00. The fourth-order valence-electron chi connectivity index (χ4n) is 2.40. The zero-order valence-corrected chi connectivity index (χ0v) is 12.4. The van der Waals surface area contributed by atoms with Crippen LogP contribution in [0.4, 0.5) is 0 Å². The summed E-state index contributed by atoms with van der Waals surface area (Å²) in [5.41, 5.74) is 7.12. The van der Waals surface area contributed by atoms with Gasteiger partial charge in [0, 0.05) is 26.2 Å². The van der Waals surface area contributed by atoms with E-state index in [1.54, 1.807) is 14.2 Å². The number of rotatable bonds is 8. The number of hydrogen-bond acceptors (Lipinski definition) is 4. The van der Waals surface area contributed by atoms with Crippen LogP contribution in [0.2, 0.25) is 0 Å². The van der Waals surface area contributed by atoms with Crippen LogP contribution in [0, 0.1) is 5.92 Å². The highest BCUT2D eigenvalue weighted by molar-refractivity contribution is 5.28. The Morgan fingerprint density at radius 3 is 2.63 bits per heavy atom. The second kappa shape index (κ2) is 8.15. The molecule has 0 saturated carbocycles. The predicted molar refractivity (Wildman–Crippen MR) is 78.3 cm³/mol. The molecular weight excluding hydrogens is 240 g/mol. The van der Waals surface area contributed by atoms with E-state index in [-0.39, 0.29) is 0 Å². The van der Waals surface area contributed by atoms with Gasteiger partial charge in [0.1, 0.15) is 5.75 Å². The molecule has 1 aromatic rings. The molecule has 0 aliphatic carbocycles. The summed E-state index contributed by atoms with van der Waals surface area (Å²) >= 11 is 0. The van der Waals surface area contributed by atoms with Crippen molar-refractivity contribution in [2.24, 2.45) is 11.7 Å². The third-order valence-corrected chi connectivity index (χ3v) is 3.46. The number of nitrogens with two attached hydrogens (primary N) is 1. The molecule has 0 aliphatic heterocycles. The number of ether oxygens (including phenoxy) is 2. The molecule has 2 unspecified atom stereocenters. The Labute approximate surface area is 116 Å². The van der Waals surface area contributed by atoms with Gasteiger partial charge in [0.25, 0.3) is 0 Å². The smallest absolute Gasteiger partial charge is 0.119 e. The molecule has 0 aliphatic rings. The molecule has 0 bridgehead atoms. The number of benzene rings is 1. The van der Waals surface area contributed by atoms with Gasteiger partial charge in [0.2, 0.25) is 0 Å². The Balaban J connectivity index is 2.67. The lowest BCUT2D eigenvalue weighted by Gasteiger charge is -2.31. The van der Waals surface area contributed by atoms with Gasteiger partial charge in [0.05, 0.1) is 13.7 Å². The topological polar surface area (TPSA) is 47.7 Å². The molecule has 0 saturated heterocycles. The van der Waals surface area contributed by atoms with Gasteiger partial charge in [-0.05, 0) is 30.7 Å². The average Bonchev–Trinajstić information content (AvgIpc) is 2.40. The Morgan fingerprint density at radius 2 is 2.05 bits per heavy atom. The van der Waals surface area contributed by atoms with Crippen molar-refractivity contribution in [3.8, 4) is 5.75 Å².